The number of benzene rings is 1. The lowest BCUT2D eigenvalue weighted by molar-refractivity contribution is 0.574. The first kappa shape index (κ1) is 12.4. The minimum absolute atomic E-state index is 0.617. The van der Waals surface area contributed by atoms with Gasteiger partial charge in [0.15, 0.2) is 0 Å². The first-order valence-electron chi connectivity index (χ1n) is 6.83. The van der Waals surface area contributed by atoms with Crippen molar-refractivity contribution in [2.24, 2.45) is 0 Å². The minimum atomic E-state index is 0.617. The maximum Gasteiger partial charge on any atom is 0.0340 e. The summed E-state index contributed by atoms with van der Waals surface area (Å²) in [4.78, 5) is 0. The van der Waals surface area contributed by atoms with Crippen molar-refractivity contribution in [1.29, 1.82) is 0 Å². The van der Waals surface area contributed by atoms with E-state index in [2.05, 4.69) is 48.7 Å². The van der Waals surface area contributed by atoms with Crippen molar-refractivity contribution >= 4 is 5.69 Å². The smallest absolute Gasteiger partial charge is 0.0340 e. The molecule has 1 atom stereocenters. The second kappa shape index (κ2) is 6.06. The molecule has 2 N–H and O–H groups in total. The average molecular weight is 232 g/mol. The van der Waals surface area contributed by atoms with Crippen LogP contribution in [0.3, 0.4) is 0 Å². The number of rotatable bonds is 5. The highest BCUT2D eigenvalue weighted by molar-refractivity contribution is 5.45. The second-order valence-corrected chi connectivity index (χ2v) is 5.29. The summed E-state index contributed by atoms with van der Waals surface area (Å²) in [6.45, 7) is 6.73. The predicted molar refractivity (Wildman–Crippen MR) is 74.7 cm³/mol. The van der Waals surface area contributed by atoms with Gasteiger partial charge < -0.3 is 10.6 Å². The number of anilines is 1. The third kappa shape index (κ3) is 3.74. The molecular formula is C15H24N2. The molecule has 0 aromatic heterocycles. The van der Waals surface area contributed by atoms with Crippen LogP contribution in [-0.2, 0) is 0 Å². The summed E-state index contributed by atoms with van der Waals surface area (Å²) in [6, 6.07) is 9.56. The molecule has 0 radical (unpaired) electrons. The molecule has 2 heteroatoms. The van der Waals surface area contributed by atoms with E-state index in [1.54, 1.807) is 0 Å². The van der Waals surface area contributed by atoms with Crippen LogP contribution in [0, 0.1) is 0 Å². The van der Waals surface area contributed by atoms with Gasteiger partial charge in [-0.1, -0.05) is 26.0 Å². The van der Waals surface area contributed by atoms with Crippen molar-refractivity contribution in [1.82, 2.24) is 5.32 Å². The monoisotopic (exact) mass is 232 g/mol. The molecule has 0 spiro atoms. The van der Waals surface area contributed by atoms with E-state index in [-0.39, 0.29) is 0 Å². The summed E-state index contributed by atoms with van der Waals surface area (Å²) in [5.41, 5.74) is 2.65. The molecule has 1 aromatic rings. The maximum atomic E-state index is 3.53. The standard InChI is InChI=1S/C15H24N2/c1-12(2)13-5-7-15(8-6-13)17-11-9-14-4-3-10-16-14/h5-8,12,14,16-17H,3-4,9-11H2,1-2H3. The lowest BCUT2D eigenvalue weighted by Gasteiger charge is -2.12. The quantitative estimate of drug-likeness (QED) is 0.813. The Morgan fingerprint density at radius 1 is 1.29 bits per heavy atom. The summed E-state index contributed by atoms with van der Waals surface area (Å²) in [5.74, 6) is 0.617. The van der Waals surface area contributed by atoms with E-state index in [1.165, 1.54) is 37.1 Å². The first-order valence-corrected chi connectivity index (χ1v) is 6.83. The molecule has 1 unspecified atom stereocenters. The molecule has 1 aliphatic heterocycles. The number of nitrogens with one attached hydrogen (secondary N) is 2. The molecule has 1 saturated heterocycles. The van der Waals surface area contributed by atoms with Gasteiger partial charge in [-0.25, -0.2) is 0 Å². The highest BCUT2D eigenvalue weighted by Crippen LogP contribution is 2.17. The largest absolute Gasteiger partial charge is 0.385 e. The Bertz CT molecular complexity index is 323. The van der Waals surface area contributed by atoms with E-state index in [9.17, 15) is 0 Å². The SMILES string of the molecule is CC(C)c1ccc(NCCC2CCCN2)cc1. The van der Waals surface area contributed by atoms with Crippen molar-refractivity contribution in [3.8, 4) is 0 Å². The van der Waals surface area contributed by atoms with E-state index >= 15 is 0 Å². The zero-order valence-corrected chi connectivity index (χ0v) is 11.0. The van der Waals surface area contributed by atoms with Gasteiger partial charge in [-0.15, -0.1) is 0 Å². The van der Waals surface area contributed by atoms with E-state index in [1.807, 2.05) is 0 Å². The Balaban J connectivity index is 1.74. The fraction of sp³-hybridized carbons (Fsp3) is 0.600. The zero-order chi connectivity index (χ0) is 12.1. The molecule has 1 fully saturated rings. The van der Waals surface area contributed by atoms with Crippen LogP contribution in [0.4, 0.5) is 5.69 Å². The topological polar surface area (TPSA) is 24.1 Å². The number of hydrogen-bond donors (Lipinski definition) is 2. The van der Waals surface area contributed by atoms with Crippen LogP contribution in [0.15, 0.2) is 24.3 Å². The van der Waals surface area contributed by atoms with E-state index in [0.717, 1.165) is 12.6 Å². The van der Waals surface area contributed by atoms with Crippen LogP contribution in [-0.4, -0.2) is 19.1 Å². The predicted octanol–water partition coefficient (Wildman–Crippen LogP) is 3.36. The van der Waals surface area contributed by atoms with Gasteiger partial charge in [-0.05, 0) is 49.4 Å². The molecule has 0 bridgehead atoms. The molecule has 1 aromatic carbocycles. The summed E-state index contributed by atoms with van der Waals surface area (Å²) < 4.78 is 0. The van der Waals surface area contributed by atoms with Crippen LogP contribution < -0.4 is 10.6 Å². The molecule has 17 heavy (non-hydrogen) atoms. The highest BCUT2D eigenvalue weighted by atomic mass is 14.9. The lowest BCUT2D eigenvalue weighted by Crippen LogP contribution is -2.24. The zero-order valence-electron chi connectivity index (χ0n) is 11.0. The number of hydrogen-bond acceptors (Lipinski definition) is 2. The maximum absolute atomic E-state index is 3.53. The summed E-state index contributed by atoms with van der Waals surface area (Å²) in [6.07, 6.45) is 3.91. The van der Waals surface area contributed by atoms with Crippen molar-refractivity contribution in [2.75, 3.05) is 18.4 Å². The summed E-state index contributed by atoms with van der Waals surface area (Å²) in [5, 5.41) is 7.02. The van der Waals surface area contributed by atoms with Gasteiger partial charge in [-0.2, -0.15) is 0 Å². The molecule has 2 rings (SSSR count). The highest BCUT2D eigenvalue weighted by Gasteiger charge is 2.12. The van der Waals surface area contributed by atoms with Crippen molar-refractivity contribution in [3.05, 3.63) is 29.8 Å². The van der Waals surface area contributed by atoms with Gasteiger partial charge in [0.05, 0.1) is 0 Å². The van der Waals surface area contributed by atoms with Crippen LogP contribution in [0.25, 0.3) is 0 Å². The Kier molecular flexibility index (Phi) is 4.43. The van der Waals surface area contributed by atoms with Crippen LogP contribution in [0.1, 0.15) is 44.6 Å². The summed E-state index contributed by atoms with van der Waals surface area (Å²) in [7, 11) is 0. The molecule has 94 valence electrons. The Morgan fingerprint density at radius 3 is 2.65 bits per heavy atom. The fourth-order valence-corrected chi connectivity index (χ4v) is 2.38. The minimum Gasteiger partial charge on any atom is -0.385 e. The van der Waals surface area contributed by atoms with E-state index in [4.69, 9.17) is 0 Å². The van der Waals surface area contributed by atoms with Gasteiger partial charge >= 0.3 is 0 Å². The van der Waals surface area contributed by atoms with Crippen LogP contribution in [0.2, 0.25) is 0 Å². The summed E-state index contributed by atoms with van der Waals surface area (Å²) >= 11 is 0. The third-order valence-electron chi connectivity index (χ3n) is 3.56. The third-order valence-corrected chi connectivity index (χ3v) is 3.56. The fourth-order valence-electron chi connectivity index (χ4n) is 2.38. The van der Waals surface area contributed by atoms with Crippen LogP contribution >= 0.6 is 0 Å². The molecule has 2 nitrogen and oxygen atoms in total. The van der Waals surface area contributed by atoms with Gasteiger partial charge in [0.25, 0.3) is 0 Å². The molecule has 1 heterocycles. The van der Waals surface area contributed by atoms with Crippen molar-refractivity contribution < 1.29 is 0 Å². The van der Waals surface area contributed by atoms with E-state index in [0.29, 0.717) is 5.92 Å². The van der Waals surface area contributed by atoms with Crippen LogP contribution in [0.5, 0.6) is 0 Å². The Labute approximate surface area is 105 Å². The second-order valence-electron chi connectivity index (χ2n) is 5.29. The Hall–Kier alpha value is -1.02. The van der Waals surface area contributed by atoms with Crippen molar-refractivity contribution in [3.63, 3.8) is 0 Å². The molecule has 0 aliphatic carbocycles. The first-order chi connectivity index (χ1) is 8.25. The lowest BCUT2D eigenvalue weighted by atomic mass is 10.0. The van der Waals surface area contributed by atoms with Gasteiger partial charge in [0.2, 0.25) is 0 Å². The van der Waals surface area contributed by atoms with E-state index < -0.39 is 0 Å². The van der Waals surface area contributed by atoms with Gasteiger partial charge in [0, 0.05) is 18.3 Å². The van der Waals surface area contributed by atoms with Gasteiger partial charge in [-0.3, -0.25) is 0 Å². The molecular weight excluding hydrogens is 208 g/mol. The molecule has 0 saturated carbocycles. The van der Waals surface area contributed by atoms with Gasteiger partial charge in [0.1, 0.15) is 0 Å². The van der Waals surface area contributed by atoms with Crippen molar-refractivity contribution in [2.45, 2.75) is 45.1 Å². The Morgan fingerprint density at radius 2 is 2.06 bits per heavy atom. The molecule has 0 amide bonds. The average Bonchev–Trinajstić information content (AvgIpc) is 2.83. The molecule has 1 aliphatic rings. The normalized spacial score (nSPS) is 19.8.